The Hall–Kier alpha value is -2.74. The van der Waals surface area contributed by atoms with Gasteiger partial charge in [-0.2, -0.15) is 0 Å². The quantitative estimate of drug-likeness (QED) is 0.710. The first-order valence-electron chi connectivity index (χ1n) is 9.90. The van der Waals surface area contributed by atoms with Gasteiger partial charge >= 0.3 is 0 Å². The SMILES string of the molecule is CNCC(=O)N(c1ccccc1)c1ccccc1C(=O)NCCN1CCOCC1. The van der Waals surface area contributed by atoms with E-state index in [0.29, 0.717) is 17.8 Å². The summed E-state index contributed by atoms with van der Waals surface area (Å²) in [5.41, 5.74) is 1.77. The number of nitrogens with zero attached hydrogens (tertiary/aromatic N) is 2. The fraction of sp³-hybridized carbons (Fsp3) is 0.364. The zero-order valence-electron chi connectivity index (χ0n) is 16.8. The first kappa shape index (κ1) is 21.0. The van der Waals surface area contributed by atoms with Crippen LogP contribution >= 0.6 is 0 Å². The molecule has 2 aromatic rings. The number of amides is 2. The summed E-state index contributed by atoms with van der Waals surface area (Å²) in [4.78, 5) is 29.6. The lowest BCUT2D eigenvalue weighted by atomic mass is 10.1. The second-order valence-corrected chi connectivity index (χ2v) is 6.82. The lowest BCUT2D eigenvalue weighted by Gasteiger charge is -2.27. The normalized spacial score (nSPS) is 14.4. The molecule has 0 atom stereocenters. The number of carbonyl (C=O) groups is 2. The van der Waals surface area contributed by atoms with Gasteiger partial charge in [0.2, 0.25) is 5.91 Å². The van der Waals surface area contributed by atoms with Gasteiger partial charge in [0.05, 0.1) is 31.0 Å². The highest BCUT2D eigenvalue weighted by Crippen LogP contribution is 2.28. The zero-order chi connectivity index (χ0) is 20.5. The van der Waals surface area contributed by atoms with E-state index >= 15 is 0 Å². The predicted octanol–water partition coefficient (Wildman–Crippen LogP) is 1.63. The number of hydrogen-bond acceptors (Lipinski definition) is 5. The minimum Gasteiger partial charge on any atom is -0.379 e. The minimum atomic E-state index is -0.188. The molecule has 1 heterocycles. The van der Waals surface area contributed by atoms with E-state index in [1.54, 1.807) is 24.1 Å². The van der Waals surface area contributed by atoms with Crippen molar-refractivity contribution in [2.75, 3.05) is 57.9 Å². The van der Waals surface area contributed by atoms with Crippen LogP contribution in [0, 0.1) is 0 Å². The highest BCUT2D eigenvalue weighted by Gasteiger charge is 2.22. The van der Waals surface area contributed by atoms with Gasteiger partial charge in [-0.25, -0.2) is 0 Å². The smallest absolute Gasteiger partial charge is 0.253 e. The van der Waals surface area contributed by atoms with E-state index in [0.717, 1.165) is 38.5 Å². The Bertz CT molecular complexity index is 807. The number of morpholine rings is 1. The van der Waals surface area contributed by atoms with Gasteiger partial charge in [0.25, 0.3) is 5.91 Å². The molecule has 0 aromatic heterocycles. The molecule has 0 aliphatic carbocycles. The number of ether oxygens (including phenoxy) is 1. The average molecular weight is 396 g/mol. The third kappa shape index (κ3) is 5.63. The second kappa shape index (κ2) is 10.7. The topological polar surface area (TPSA) is 73.9 Å². The molecule has 2 aromatic carbocycles. The molecular weight excluding hydrogens is 368 g/mol. The molecule has 7 heteroatoms. The van der Waals surface area contributed by atoms with Gasteiger partial charge in [-0.1, -0.05) is 30.3 Å². The molecule has 154 valence electrons. The van der Waals surface area contributed by atoms with Crippen molar-refractivity contribution in [3.63, 3.8) is 0 Å². The summed E-state index contributed by atoms with van der Waals surface area (Å²) in [5, 5.41) is 5.89. The van der Waals surface area contributed by atoms with Gasteiger partial charge in [-0.15, -0.1) is 0 Å². The van der Waals surface area contributed by atoms with Crippen molar-refractivity contribution in [1.29, 1.82) is 0 Å². The van der Waals surface area contributed by atoms with Crippen molar-refractivity contribution in [3.8, 4) is 0 Å². The van der Waals surface area contributed by atoms with E-state index in [2.05, 4.69) is 15.5 Å². The number of likely N-dealkylation sites (N-methyl/N-ethyl adjacent to an activating group) is 1. The molecule has 1 saturated heterocycles. The van der Waals surface area contributed by atoms with Crippen LogP contribution in [-0.4, -0.2) is 69.7 Å². The molecule has 0 bridgehead atoms. The van der Waals surface area contributed by atoms with Crippen LogP contribution in [-0.2, 0) is 9.53 Å². The van der Waals surface area contributed by atoms with Crippen molar-refractivity contribution >= 4 is 23.2 Å². The van der Waals surface area contributed by atoms with Crippen molar-refractivity contribution in [2.45, 2.75) is 0 Å². The van der Waals surface area contributed by atoms with Gasteiger partial charge in [0.15, 0.2) is 0 Å². The van der Waals surface area contributed by atoms with E-state index in [4.69, 9.17) is 4.74 Å². The molecule has 1 fully saturated rings. The summed E-state index contributed by atoms with van der Waals surface area (Å²) in [7, 11) is 1.73. The van der Waals surface area contributed by atoms with Crippen LogP contribution < -0.4 is 15.5 Å². The number of hydrogen-bond donors (Lipinski definition) is 2. The molecule has 0 spiro atoms. The van der Waals surface area contributed by atoms with Crippen molar-refractivity contribution in [2.24, 2.45) is 0 Å². The standard InChI is InChI=1S/C22H28N4O3/c1-23-17-21(27)26(18-7-3-2-4-8-18)20-10-6-5-9-19(20)22(28)24-11-12-25-13-15-29-16-14-25/h2-10,23H,11-17H2,1H3,(H,24,28). The van der Waals surface area contributed by atoms with Crippen molar-refractivity contribution in [3.05, 3.63) is 60.2 Å². The number of nitrogens with one attached hydrogen (secondary N) is 2. The molecule has 0 radical (unpaired) electrons. The van der Waals surface area contributed by atoms with Crippen LogP contribution in [0.2, 0.25) is 0 Å². The fourth-order valence-corrected chi connectivity index (χ4v) is 3.33. The van der Waals surface area contributed by atoms with Crippen molar-refractivity contribution in [1.82, 2.24) is 15.5 Å². The minimum absolute atomic E-state index is 0.132. The molecule has 2 amide bonds. The Morgan fingerprint density at radius 2 is 1.72 bits per heavy atom. The molecule has 0 unspecified atom stereocenters. The number of para-hydroxylation sites is 2. The van der Waals surface area contributed by atoms with Gasteiger partial charge < -0.3 is 15.4 Å². The monoisotopic (exact) mass is 396 g/mol. The maximum absolute atomic E-state index is 12.9. The Labute approximate surface area is 171 Å². The summed E-state index contributed by atoms with van der Waals surface area (Å²) >= 11 is 0. The lowest BCUT2D eigenvalue weighted by molar-refractivity contribution is -0.117. The molecule has 1 aliphatic heterocycles. The Morgan fingerprint density at radius 1 is 1.03 bits per heavy atom. The van der Waals surface area contributed by atoms with E-state index in [-0.39, 0.29) is 18.4 Å². The molecule has 3 rings (SSSR count). The van der Waals surface area contributed by atoms with E-state index in [9.17, 15) is 9.59 Å². The maximum Gasteiger partial charge on any atom is 0.253 e. The third-order valence-electron chi connectivity index (χ3n) is 4.80. The van der Waals surface area contributed by atoms with Crippen LogP contribution in [0.15, 0.2) is 54.6 Å². The van der Waals surface area contributed by atoms with E-state index in [1.807, 2.05) is 42.5 Å². The molecule has 29 heavy (non-hydrogen) atoms. The zero-order valence-corrected chi connectivity index (χ0v) is 16.8. The van der Waals surface area contributed by atoms with E-state index in [1.165, 1.54) is 0 Å². The Morgan fingerprint density at radius 3 is 2.45 bits per heavy atom. The molecule has 2 N–H and O–H groups in total. The molecule has 1 aliphatic rings. The predicted molar refractivity (Wildman–Crippen MR) is 114 cm³/mol. The van der Waals surface area contributed by atoms with Crippen molar-refractivity contribution < 1.29 is 14.3 Å². The number of anilines is 2. The molecule has 7 nitrogen and oxygen atoms in total. The second-order valence-electron chi connectivity index (χ2n) is 6.82. The molecular formula is C22H28N4O3. The summed E-state index contributed by atoms with van der Waals surface area (Å²) in [6.07, 6.45) is 0. The van der Waals surface area contributed by atoms with Crippen LogP contribution in [0.5, 0.6) is 0 Å². The maximum atomic E-state index is 12.9. The lowest BCUT2D eigenvalue weighted by Crippen LogP contribution is -2.41. The first-order chi connectivity index (χ1) is 14.2. The average Bonchev–Trinajstić information content (AvgIpc) is 2.76. The van der Waals surface area contributed by atoms with Gasteiger partial charge in [-0.3, -0.25) is 19.4 Å². The Kier molecular flexibility index (Phi) is 7.75. The third-order valence-corrected chi connectivity index (χ3v) is 4.80. The van der Waals surface area contributed by atoms with Gasteiger partial charge in [-0.05, 0) is 31.3 Å². The van der Waals surface area contributed by atoms with Crippen LogP contribution in [0.4, 0.5) is 11.4 Å². The van der Waals surface area contributed by atoms with Crippen LogP contribution in [0.1, 0.15) is 10.4 Å². The van der Waals surface area contributed by atoms with Crippen LogP contribution in [0.25, 0.3) is 0 Å². The largest absolute Gasteiger partial charge is 0.379 e. The summed E-state index contributed by atoms with van der Waals surface area (Å²) in [5.74, 6) is -0.320. The first-order valence-corrected chi connectivity index (χ1v) is 9.90. The number of carbonyl (C=O) groups excluding carboxylic acids is 2. The number of rotatable bonds is 8. The van der Waals surface area contributed by atoms with Gasteiger partial charge in [0.1, 0.15) is 0 Å². The number of benzene rings is 2. The van der Waals surface area contributed by atoms with Gasteiger partial charge in [0, 0.05) is 31.9 Å². The molecule has 0 saturated carbocycles. The highest BCUT2D eigenvalue weighted by atomic mass is 16.5. The summed E-state index contributed by atoms with van der Waals surface area (Å²) < 4.78 is 5.35. The van der Waals surface area contributed by atoms with E-state index < -0.39 is 0 Å². The van der Waals surface area contributed by atoms with Crippen LogP contribution in [0.3, 0.4) is 0 Å². The summed E-state index contributed by atoms with van der Waals surface area (Å²) in [6, 6.07) is 16.6. The fourth-order valence-electron chi connectivity index (χ4n) is 3.33. The summed E-state index contributed by atoms with van der Waals surface area (Å²) in [6.45, 7) is 4.72. The highest BCUT2D eigenvalue weighted by molar-refractivity contribution is 6.08. The Balaban J connectivity index is 1.77.